The van der Waals surface area contributed by atoms with Crippen molar-refractivity contribution in [3.63, 3.8) is 0 Å². The van der Waals surface area contributed by atoms with E-state index in [4.69, 9.17) is 4.74 Å². The number of benzene rings is 1. The second-order valence-corrected chi connectivity index (χ2v) is 7.79. The van der Waals surface area contributed by atoms with Crippen molar-refractivity contribution in [2.45, 2.75) is 62.7 Å². The minimum atomic E-state index is -1.08. The zero-order valence-corrected chi connectivity index (χ0v) is 14.0. The van der Waals surface area contributed by atoms with E-state index in [9.17, 15) is 14.7 Å². The fourth-order valence-electron chi connectivity index (χ4n) is 5.85. The molecule has 1 saturated carbocycles. The SMILES string of the molecule is CC(=O)N1CC[C@@]23c4c5ccc(C)c4O[C@@H]2C(=O)CC[C@]3(O)[C@@H]1C5. The molecule has 5 rings (SSSR count). The van der Waals surface area contributed by atoms with Crippen LogP contribution in [-0.2, 0) is 21.4 Å². The maximum atomic E-state index is 12.7. The molecule has 2 fully saturated rings. The van der Waals surface area contributed by atoms with Gasteiger partial charge in [-0.1, -0.05) is 12.1 Å². The van der Waals surface area contributed by atoms with E-state index in [0.29, 0.717) is 32.2 Å². The highest BCUT2D eigenvalue weighted by atomic mass is 16.5. The number of Topliss-reactive ketones (excluding diaryl/α,β-unsaturated/α-hetero) is 1. The zero-order chi connectivity index (χ0) is 16.9. The Hall–Kier alpha value is -1.88. The van der Waals surface area contributed by atoms with Gasteiger partial charge in [-0.25, -0.2) is 0 Å². The summed E-state index contributed by atoms with van der Waals surface area (Å²) in [5.74, 6) is 0.866. The molecule has 4 aliphatic rings. The van der Waals surface area contributed by atoms with E-state index < -0.39 is 17.1 Å². The highest BCUT2D eigenvalue weighted by molar-refractivity contribution is 5.90. The number of hydrogen-bond donors (Lipinski definition) is 1. The van der Waals surface area contributed by atoms with Crippen LogP contribution in [0.5, 0.6) is 5.75 Å². The van der Waals surface area contributed by atoms with Crippen molar-refractivity contribution in [3.8, 4) is 5.75 Å². The molecule has 1 N–H and O–H groups in total. The Balaban J connectivity index is 1.83. The van der Waals surface area contributed by atoms with Crippen LogP contribution in [0.3, 0.4) is 0 Å². The number of nitrogens with zero attached hydrogens (tertiary/aromatic N) is 1. The summed E-state index contributed by atoms with van der Waals surface area (Å²) in [5.41, 5.74) is 1.41. The molecule has 2 aliphatic heterocycles. The van der Waals surface area contributed by atoms with Crippen molar-refractivity contribution in [3.05, 3.63) is 28.8 Å². The van der Waals surface area contributed by atoms with E-state index in [-0.39, 0.29) is 17.7 Å². The van der Waals surface area contributed by atoms with Gasteiger partial charge in [0.15, 0.2) is 11.9 Å². The second-order valence-electron chi connectivity index (χ2n) is 7.79. The predicted octanol–water partition coefficient (Wildman–Crippen LogP) is 1.26. The Morgan fingerprint density at radius 3 is 2.92 bits per heavy atom. The third-order valence-corrected chi connectivity index (χ3v) is 6.88. The van der Waals surface area contributed by atoms with Crippen LogP contribution in [0.2, 0.25) is 0 Å². The van der Waals surface area contributed by atoms with Gasteiger partial charge < -0.3 is 14.7 Å². The lowest BCUT2D eigenvalue weighted by Gasteiger charge is -2.62. The number of aliphatic hydroxyl groups is 1. The number of likely N-dealkylation sites (tertiary alicyclic amines) is 1. The van der Waals surface area contributed by atoms with Gasteiger partial charge in [-0.3, -0.25) is 9.59 Å². The number of amides is 1. The zero-order valence-electron chi connectivity index (χ0n) is 14.0. The molecule has 126 valence electrons. The molecular formula is C19H21NO4. The number of carbonyl (C=O) groups is 2. The lowest BCUT2D eigenvalue weighted by Crippen LogP contribution is -2.77. The van der Waals surface area contributed by atoms with Gasteiger partial charge in [-0.15, -0.1) is 0 Å². The van der Waals surface area contributed by atoms with E-state index >= 15 is 0 Å². The van der Waals surface area contributed by atoms with Crippen LogP contribution in [0.15, 0.2) is 12.1 Å². The van der Waals surface area contributed by atoms with Gasteiger partial charge in [0.2, 0.25) is 5.91 Å². The highest BCUT2D eigenvalue weighted by Gasteiger charge is 2.73. The first kappa shape index (κ1) is 14.5. The number of hydrogen-bond acceptors (Lipinski definition) is 4. The fourth-order valence-corrected chi connectivity index (χ4v) is 5.85. The maximum Gasteiger partial charge on any atom is 0.219 e. The predicted molar refractivity (Wildman–Crippen MR) is 86.0 cm³/mol. The number of ether oxygens (including phenoxy) is 1. The summed E-state index contributed by atoms with van der Waals surface area (Å²) < 4.78 is 6.17. The standard InChI is InChI=1S/C19H21NO4/c1-10-3-4-12-9-14-19(23)6-5-13(22)17-18(19,15(12)16(10)24-17)7-8-20(14)11(2)21/h3-4,14,17,23H,5-9H2,1-2H3/t14-,17+,18+,19-/m0/s1. The first-order chi connectivity index (χ1) is 11.4. The summed E-state index contributed by atoms with van der Waals surface area (Å²) in [7, 11) is 0. The smallest absolute Gasteiger partial charge is 0.219 e. The summed E-state index contributed by atoms with van der Waals surface area (Å²) in [6.45, 7) is 4.13. The molecule has 0 unspecified atom stereocenters. The second kappa shape index (κ2) is 4.20. The van der Waals surface area contributed by atoms with Gasteiger partial charge in [0.05, 0.1) is 17.1 Å². The molecule has 2 heterocycles. The van der Waals surface area contributed by atoms with E-state index in [1.165, 1.54) is 0 Å². The van der Waals surface area contributed by atoms with E-state index in [0.717, 1.165) is 22.4 Å². The van der Waals surface area contributed by atoms with Crippen LogP contribution in [0, 0.1) is 6.92 Å². The van der Waals surface area contributed by atoms with E-state index in [1.54, 1.807) is 11.8 Å². The molecule has 24 heavy (non-hydrogen) atoms. The van der Waals surface area contributed by atoms with Crippen LogP contribution >= 0.6 is 0 Å². The normalized spacial score (nSPS) is 38.6. The molecule has 4 atom stereocenters. The first-order valence-corrected chi connectivity index (χ1v) is 8.72. The van der Waals surface area contributed by atoms with Crippen molar-refractivity contribution in [1.29, 1.82) is 0 Å². The quantitative estimate of drug-likeness (QED) is 0.779. The summed E-state index contributed by atoms with van der Waals surface area (Å²) in [6, 6.07) is 3.83. The monoisotopic (exact) mass is 327 g/mol. The first-order valence-electron chi connectivity index (χ1n) is 8.72. The number of ketones is 1. The molecule has 5 heteroatoms. The van der Waals surface area contributed by atoms with Crippen molar-refractivity contribution in [1.82, 2.24) is 4.90 Å². The highest BCUT2D eigenvalue weighted by Crippen LogP contribution is 2.63. The Kier molecular flexibility index (Phi) is 2.53. The van der Waals surface area contributed by atoms with Gasteiger partial charge in [0.1, 0.15) is 5.75 Å². The van der Waals surface area contributed by atoms with Crippen LogP contribution in [0.25, 0.3) is 0 Å². The number of piperidine rings is 1. The maximum absolute atomic E-state index is 12.7. The Bertz CT molecular complexity index is 803. The summed E-state index contributed by atoms with van der Waals surface area (Å²) in [4.78, 5) is 26.6. The molecular weight excluding hydrogens is 306 g/mol. The van der Waals surface area contributed by atoms with Crippen molar-refractivity contribution in [2.75, 3.05) is 6.54 Å². The number of rotatable bonds is 0. The van der Waals surface area contributed by atoms with Gasteiger partial charge >= 0.3 is 0 Å². The van der Waals surface area contributed by atoms with Gasteiger partial charge in [0, 0.05) is 25.5 Å². The molecule has 1 saturated heterocycles. The number of carbonyl (C=O) groups excluding carboxylic acids is 2. The average Bonchev–Trinajstić information content (AvgIpc) is 2.88. The Morgan fingerprint density at radius 1 is 1.38 bits per heavy atom. The van der Waals surface area contributed by atoms with Crippen molar-refractivity contribution in [2.24, 2.45) is 0 Å². The van der Waals surface area contributed by atoms with Crippen molar-refractivity contribution >= 4 is 11.7 Å². The molecule has 1 aromatic carbocycles. The molecule has 2 aliphatic carbocycles. The Morgan fingerprint density at radius 2 is 2.17 bits per heavy atom. The van der Waals surface area contributed by atoms with Gasteiger partial charge in [-0.05, 0) is 37.3 Å². The van der Waals surface area contributed by atoms with Crippen molar-refractivity contribution < 1.29 is 19.4 Å². The van der Waals surface area contributed by atoms with Gasteiger partial charge in [-0.2, -0.15) is 0 Å². The molecule has 2 bridgehead atoms. The minimum absolute atomic E-state index is 0.00794. The lowest BCUT2D eigenvalue weighted by molar-refractivity contribution is -0.191. The van der Waals surface area contributed by atoms with Crippen LogP contribution in [0.1, 0.15) is 42.9 Å². The van der Waals surface area contributed by atoms with E-state index in [2.05, 4.69) is 6.07 Å². The summed E-state index contributed by atoms with van der Waals surface area (Å²) in [6.07, 6.45) is 1.33. The molecule has 1 amide bonds. The summed E-state index contributed by atoms with van der Waals surface area (Å²) >= 11 is 0. The Labute approximate surface area is 140 Å². The molecule has 0 radical (unpaired) electrons. The van der Waals surface area contributed by atoms with E-state index in [1.807, 2.05) is 13.0 Å². The van der Waals surface area contributed by atoms with Crippen LogP contribution in [0.4, 0.5) is 0 Å². The van der Waals surface area contributed by atoms with Gasteiger partial charge in [0.25, 0.3) is 0 Å². The third kappa shape index (κ3) is 1.34. The molecule has 1 aromatic rings. The lowest BCUT2D eigenvalue weighted by atomic mass is 9.49. The topological polar surface area (TPSA) is 66.8 Å². The third-order valence-electron chi connectivity index (χ3n) is 6.88. The number of aryl methyl sites for hydroxylation is 1. The molecule has 1 spiro atoms. The van der Waals surface area contributed by atoms with Crippen LogP contribution < -0.4 is 4.74 Å². The molecule has 0 aromatic heterocycles. The summed E-state index contributed by atoms with van der Waals surface area (Å²) in [5, 5.41) is 11.8. The van der Waals surface area contributed by atoms with Crippen LogP contribution in [-0.4, -0.2) is 46.0 Å². The fraction of sp³-hybridized carbons (Fsp3) is 0.579. The molecule has 5 nitrogen and oxygen atoms in total. The minimum Gasteiger partial charge on any atom is -0.481 e. The largest absolute Gasteiger partial charge is 0.481 e. The average molecular weight is 327 g/mol.